The topological polar surface area (TPSA) is 64.2 Å². The first-order valence-corrected chi connectivity index (χ1v) is 8.47. The van der Waals surface area contributed by atoms with E-state index >= 15 is 0 Å². The quantitative estimate of drug-likeness (QED) is 0.605. The van der Waals surface area contributed by atoms with Gasteiger partial charge in [0.25, 0.3) is 5.91 Å². The Bertz CT molecular complexity index is 1020. The van der Waals surface area contributed by atoms with Gasteiger partial charge in [0.05, 0.1) is 23.8 Å². The molecule has 0 saturated carbocycles. The summed E-state index contributed by atoms with van der Waals surface area (Å²) in [6, 6.07) is 15.3. The Hall–Kier alpha value is -3.41. The van der Waals surface area contributed by atoms with Crippen molar-refractivity contribution in [2.24, 2.45) is 0 Å². The zero-order valence-corrected chi connectivity index (χ0v) is 14.4. The van der Waals surface area contributed by atoms with E-state index < -0.39 is 0 Å². The predicted molar refractivity (Wildman–Crippen MR) is 98.8 cm³/mol. The Morgan fingerprint density at radius 2 is 1.96 bits per heavy atom. The summed E-state index contributed by atoms with van der Waals surface area (Å²) in [6.07, 6.45) is 7.34. The molecule has 0 aliphatic rings. The lowest BCUT2D eigenvalue weighted by Crippen LogP contribution is -2.31. The number of hydrogen-bond donors (Lipinski definition) is 1. The molecule has 1 N–H and O–H groups in total. The Morgan fingerprint density at radius 3 is 2.73 bits per heavy atom. The van der Waals surface area contributed by atoms with Gasteiger partial charge in [-0.3, -0.25) is 9.48 Å². The summed E-state index contributed by atoms with van der Waals surface area (Å²) in [5.41, 5.74) is 3.38. The number of amides is 1. The highest BCUT2D eigenvalue weighted by Gasteiger charge is 2.17. The third kappa shape index (κ3) is 3.35. The van der Waals surface area contributed by atoms with Crippen LogP contribution in [0, 0.1) is 6.92 Å². The van der Waals surface area contributed by atoms with Crippen LogP contribution in [0.2, 0.25) is 0 Å². The van der Waals surface area contributed by atoms with Crippen molar-refractivity contribution < 1.29 is 4.79 Å². The van der Waals surface area contributed by atoms with Crippen molar-refractivity contribution in [3.8, 4) is 0 Å². The minimum absolute atomic E-state index is 0.126. The number of carbonyl (C=O) groups excluding carboxylic acids is 1. The average molecular weight is 345 g/mol. The molecule has 0 fully saturated rings. The SMILES string of the molecule is Cc1cn2cc(C(=O)N[C@H](Cn3cccn3)c3ccccc3)ccc2n1. The molecule has 1 amide bonds. The summed E-state index contributed by atoms with van der Waals surface area (Å²) in [6.45, 7) is 2.50. The fourth-order valence-electron chi connectivity index (χ4n) is 3.01. The van der Waals surface area contributed by atoms with E-state index in [1.807, 2.05) is 70.9 Å². The average Bonchev–Trinajstić information content (AvgIpc) is 3.29. The number of nitrogens with one attached hydrogen (secondary N) is 1. The number of carbonyl (C=O) groups is 1. The molecular formula is C20H19N5O. The second-order valence-electron chi connectivity index (χ2n) is 6.23. The van der Waals surface area contributed by atoms with Gasteiger partial charge in [0, 0.05) is 24.8 Å². The van der Waals surface area contributed by atoms with E-state index in [1.54, 1.807) is 18.5 Å². The van der Waals surface area contributed by atoms with E-state index in [4.69, 9.17) is 0 Å². The number of rotatable bonds is 5. The van der Waals surface area contributed by atoms with Crippen LogP contribution >= 0.6 is 0 Å². The highest BCUT2D eigenvalue weighted by Crippen LogP contribution is 2.16. The molecule has 3 heterocycles. The molecule has 3 aromatic heterocycles. The maximum atomic E-state index is 12.8. The van der Waals surface area contributed by atoms with Crippen LogP contribution in [0.5, 0.6) is 0 Å². The molecule has 0 bridgehead atoms. The molecule has 0 saturated heterocycles. The molecule has 6 nitrogen and oxygen atoms in total. The number of aromatic nitrogens is 4. The normalized spacial score (nSPS) is 12.2. The molecule has 4 rings (SSSR count). The Labute approximate surface area is 151 Å². The van der Waals surface area contributed by atoms with Gasteiger partial charge in [0.1, 0.15) is 5.65 Å². The van der Waals surface area contributed by atoms with E-state index in [1.165, 1.54) is 0 Å². The lowest BCUT2D eigenvalue weighted by Gasteiger charge is -2.19. The molecule has 0 spiro atoms. The van der Waals surface area contributed by atoms with Crippen LogP contribution in [-0.4, -0.2) is 25.1 Å². The summed E-state index contributed by atoms with van der Waals surface area (Å²) in [5.74, 6) is -0.126. The van der Waals surface area contributed by atoms with Gasteiger partial charge in [-0.1, -0.05) is 30.3 Å². The van der Waals surface area contributed by atoms with Gasteiger partial charge in [-0.15, -0.1) is 0 Å². The molecule has 0 unspecified atom stereocenters. The van der Waals surface area contributed by atoms with Crippen molar-refractivity contribution in [1.29, 1.82) is 0 Å². The van der Waals surface area contributed by atoms with Crippen LogP contribution in [0.1, 0.15) is 27.7 Å². The van der Waals surface area contributed by atoms with Gasteiger partial charge < -0.3 is 9.72 Å². The summed E-state index contributed by atoms with van der Waals surface area (Å²) >= 11 is 0. The molecule has 6 heteroatoms. The maximum Gasteiger partial charge on any atom is 0.253 e. The Morgan fingerprint density at radius 1 is 1.12 bits per heavy atom. The maximum absolute atomic E-state index is 12.8. The fourth-order valence-corrected chi connectivity index (χ4v) is 3.01. The van der Waals surface area contributed by atoms with Gasteiger partial charge in [0.2, 0.25) is 0 Å². The zero-order valence-electron chi connectivity index (χ0n) is 14.4. The van der Waals surface area contributed by atoms with Gasteiger partial charge in [0.15, 0.2) is 0 Å². The van der Waals surface area contributed by atoms with Gasteiger partial charge in [-0.25, -0.2) is 4.98 Å². The van der Waals surface area contributed by atoms with E-state index in [0.29, 0.717) is 12.1 Å². The van der Waals surface area contributed by atoms with Crippen LogP contribution in [-0.2, 0) is 6.54 Å². The molecular weight excluding hydrogens is 326 g/mol. The number of aryl methyl sites for hydroxylation is 1. The highest BCUT2D eigenvalue weighted by molar-refractivity contribution is 5.94. The molecule has 26 heavy (non-hydrogen) atoms. The summed E-state index contributed by atoms with van der Waals surface area (Å²) in [5, 5.41) is 7.38. The highest BCUT2D eigenvalue weighted by atomic mass is 16.1. The summed E-state index contributed by atoms with van der Waals surface area (Å²) in [4.78, 5) is 17.2. The standard InChI is InChI=1S/C20H19N5O/c1-15-12-24-13-17(8-9-19(24)22-15)20(26)23-18(14-25-11-5-10-21-25)16-6-3-2-4-7-16/h2-13,18H,14H2,1H3,(H,23,26)/t18-/m1/s1. The van der Waals surface area contributed by atoms with Crippen molar-refractivity contribution in [1.82, 2.24) is 24.5 Å². The van der Waals surface area contributed by atoms with Crippen molar-refractivity contribution in [3.05, 3.63) is 90.1 Å². The third-order valence-corrected chi connectivity index (χ3v) is 4.27. The molecule has 0 radical (unpaired) electrons. The van der Waals surface area contributed by atoms with Crippen molar-refractivity contribution >= 4 is 11.6 Å². The fraction of sp³-hybridized carbons (Fsp3) is 0.150. The zero-order chi connectivity index (χ0) is 17.9. The van der Waals surface area contributed by atoms with Gasteiger partial charge in [-0.2, -0.15) is 5.10 Å². The summed E-state index contributed by atoms with van der Waals surface area (Å²) in [7, 11) is 0. The molecule has 0 aliphatic heterocycles. The first-order valence-electron chi connectivity index (χ1n) is 8.47. The van der Waals surface area contributed by atoms with Gasteiger partial charge >= 0.3 is 0 Å². The van der Waals surface area contributed by atoms with E-state index in [0.717, 1.165) is 16.9 Å². The molecule has 1 aromatic carbocycles. The number of hydrogen-bond acceptors (Lipinski definition) is 3. The largest absolute Gasteiger partial charge is 0.343 e. The van der Waals surface area contributed by atoms with Crippen LogP contribution in [0.3, 0.4) is 0 Å². The van der Waals surface area contributed by atoms with Crippen molar-refractivity contribution in [2.45, 2.75) is 19.5 Å². The first kappa shape index (κ1) is 16.1. The lowest BCUT2D eigenvalue weighted by atomic mass is 10.1. The van der Waals surface area contributed by atoms with E-state index in [-0.39, 0.29) is 11.9 Å². The predicted octanol–water partition coefficient (Wildman–Crippen LogP) is 3.01. The number of benzene rings is 1. The number of pyridine rings is 1. The van der Waals surface area contributed by atoms with E-state index in [9.17, 15) is 4.79 Å². The van der Waals surface area contributed by atoms with Crippen LogP contribution in [0.4, 0.5) is 0 Å². The molecule has 130 valence electrons. The first-order chi connectivity index (χ1) is 12.7. The number of fused-ring (bicyclic) bond motifs is 1. The van der Waals surface area contributed by atoms with Crippen LogP contribution in [0.15, 0.2) is 73.3 Å². The smallest absolute Gasteiger partial charge is 0.253 e. The Balaban J connectivity index is 1.60. The monoisotopic (exact) mass is 345 g/mol. The number of nitrogens with zero attached hydrogens (tertiary/aromatic N) is 4. The second-order valence-corrected chi connectivity index (χ2v) is 6.23. The molecule has 0 aliphatic carbocycles. The van der Waals surface area contributed by atoms with Crippen molar-refractivity contribution in [3.63, 3.8) is 0 Å². The summed E-state index contributed by atoms with van der Waals surface area (Å²) < 4.78 is 3.69. The van der Waals surface area contributed by atoms with Crippen molar-refractivity contribution in [2.75, 3.05) is 0 Å². The molecule has 1 atom stereocenters. The Kier molecular flexibility index (Phi) is 4.23. The second kappa shape index (κ2) is 6.84. The minimum Gasteiger partial charge on any atom is -0.343 e. The van der Waals surface area contributed by atoms with Gasteiger partial charge in [-0.05, 0) is 30.7 Å². The third-order valence-electron chi connectivity index (χ3n) is 4.27. The number of imidazole rings is 1. The van der Waals surface area contributed by atoms with Crippen LogP contribution < -0.4 is 5.32 Å². The minimum atomic E-state index is -0.177. The van der Waals surface area contributed by atoms with E-state index in [2.05, 4.69) is 15.4 Å². The molecule has 4 aromatic rings. The van der Waals surface area contributed by atoms with Crippen LogP contribution in [0.25, 0.3) is 5.65 Å². The lowest BCUT2D eigenvalue weighted by molar-refractivity contribution is 0.0931.